The van der Waals surface area contributed by atoms with E-state index in [9.17, 15) is 13.5 Å². The largest absolute Gasteiger partial charge is 0.388 e. The lowest BCUT2D eigenvalue weighted by Gasteiger charge is -2.33. The number of anilines is 1. The quantitative estimate of drug-likeness (QED) is 0.869. The standard InChI is InChI=1S/C16H15Cl2NO3S/c1-10-2-5-15-12(8-10)16(20)6-7-19(15)23(21,22)11-3-4-13(17)14(18)9-11/h2-5,8-9,16,20H,6-7H2,1H3. The second-order valence-corrected chi connectivity index (χ2v) is 8.20. The van der Waals surface area contributed by atoms with Crippen LogP contribution in [0.15, 0.2) is 41.3 Å². The average molecular weight is 372 g/mol. The molecule has 0 fully saturated rings. The molecule has 2 aromatic carbocycles. The van der Waals surface area contributed by atoms with Crippen LogP contribution >= 0.6 is 23.2 Å². The van der Waals surface area contributed by atoms with Crippen LogP contribution in [0.4, 0.5) is 5.69 Å². The molecule has 0 spiro atoms. The van der Waals surface area contributed by atoms with Gasteiger partial charge in [-0.05, 0) is 37.6 Å². The number of aryl methyl sites for hydroxylation is 1. The van der Waals surface area contributed by atoms with Crippen molar-refractivity contribution in [2.24, 2.45) is 0 Å². The molecule has 1 unspecified atom stereocenters. The van der Waals surface area contributed by atoms with Gasteiger partial charge in [0, 0.05) is 12.1 Å². The van der Waals surface area contributed by atoms with Crippen LogP contribution in [0.1, 0.15) is 23.7 Å². The van der Waals surface area contributed by atoms with Crippen LogP contribution in [0.25, 0.3) is 0 Å². The van der Waals surface area contributed by atoms with Crippen LogP contribution in [-0.4, -0.2) is 20.1 Å². The first-order valence-electron chi connectivity index (χ1n) is 7.07. The van der Waals surface area contributed by atoms with Crippen molar-refractivity contribution in [2.75, 3.05) is 10.8 Å². The Morgan fingerprint density at radius 3 is 2.57 bits per heavy atom. The molecule has 0 saturated heterocycles. The molecule has 0 saturated carbocycles. The predicted molar refractivity (Wildman–Crippen MR) is 91.7 cm³/mol. The van der Waals surface area contributed by atoms with Gasteiger partial charge in [0.15, 0.2) is 0 Å². The van der Waals surface area contributed by atoms with E-state index >= 15 is 0 Å². The summed E-state index contributed by atoms with van der Waals surface area (Å²) in [4.78, 5) is 0.0785. The number of fused-ring (bicyclic) bond motifs is 1. The molecule has 0 aromatic heterocycles. The number of hydrogen-bond acceptors (Lipinski definition) is 3. The first kappa shape index (κ1) is 16.6. The Bertz CT molecular complexity index is 868. The molecular weight excluding hydrogens is 357 g/mol. The van der Waals surface area contributed by atoms with Crippen molar-refractivity contribution < 1.29 is 13.5 Å². The fraction of sp³-hybridized carbons (Fsp3) is 0.250. The zero-order chi connectivity index (χ0) is 16.8. The number of sulfonamides is 1. The third kappa shape index (κ3) is 2.94. The highest BCUT2D eigenvalue weighted by Gasteiger charge is 2.32. The van der Waals surface area contributed by atoms with E-state index in [4.69, 9.17) is 23.2 Å². The molecule has 23 heavy (non-hydrogen) atoms. The normalized spacial score (nSPS) is 17.9. The lowest BCUT2D eigenvalue weighted by molar-refractivity contribution is 0.166. The number of benzene rings is 2. The molecule has 7 heteroatoms. The van der Waals surface area contributed by atoms with E-state index in [1.54, 1.807) is 6.07 Å². The summed E-state index contributed by atoms with van der Waals surface area (Å²) in [5.74, 6) is 0. The Labute approximate surface area is 145 Å². The van der Waals surface area contributed by atoms with E-state index in [0.29, 0.717) is 22.7 Å². The van der Waals surface area contributed by atoms with Crippen molar-refractivity contribution >= 4 is 38.9 Å². The van der Waals surface area contributed by atoms with Gasteiger partial charge < -0.3 is 5.11 Å². The van der Waals surface area contributed by atoms with E-state index in [0.717, 1.165) is 5.56 Å². The number of aliphatic hydroxyl groups is 1. The maximum Gasteiger partial charge on any atom is 0.264 e. The van der Waals surface area contributed by atoms with Crippen LogP contribution in [0.5, 0.6) is 0 Å². The van der Waals surface area contributed by atoms with Gasteiger partial charge in [-0.3, -0.25) is 4.31 Å². The van der Waals surface area contributed by atoms with Gasteiger partial charge in [0.2, 0.25) is 0 Å². The minimum absolute atomic E-state index is 0.0785. The fourth-order valence-corrected chi connectivity index (χ4v) is 4.59. The maximum atomic E-state index is 12.9. The Balaban J connectivity index is 2.11. The summed E-state index contributed by atoms with van der Waals surface area (Å²) in [6, 6.07) is 9.61. The highest BCUT2D eigenvalue weighted by Crippen LogP contribution is 2.38. The van der Waals surface area contributed by atoms with Crippen LogP contribution in [0.2, 0.25) is 10.0 Å². The molecule has 1 aliphatic rings. The summed E-state index contributed by atoms with van der Waals surface area (Å²) < 4.78 is 27.2. The molecular formula is C16H15Cl2NO3S. The van der Waals surface area contributed by atoms with E-state index in [1.807, 2.05) is 19.1 Å². The number of nitrogens with zero attached hydrogens (tertiary/aromatic N) is 1. The number of aliphatic hydroxyl groups excluding tert-OH is 1. The van der Waals surface area contributed by atoms with Crippen LogP contribution in [-0.2, 0) is 10.0 Å². The Kier molecular flexibility index (Phi) is 4.31. The summed E-state index contributed by atoms with van der Waals surface area (Å²) in [5.41, 5.74) is 2.09. The molecule has 0 bridgehead atoms. The molecule has 1 heterocycles. The molecule has 1 aliphatic heterocycles. The fourth-order valence-electron chi connectivity index (χ4n) is 2.70. The second kappa shape index (κ2) is 5.98. The monoisotopic (exact) mass is 371 g/mol. The van der Waals surface area contributed by atoms with Gasteiger partial charge in [-0.2, -0.15) is 0 Å². The maximum absolute atomic E-state index is 12.9. The zero-order valence-corrected chi connectivity index (χ0v) is 14.7. The molecule has 4 nitrogen and oxygen atoms in total. The highest BCUT2D eigenvalue weighted by molar-refractivity contribution is 7.92. The van der Waals surface area contributed by atoms with Crippen LogP contribution in [0.3, 0.4) is 0 Å². The zero-order valence-electron chi connectivity index (χ0n) is 12.3. The smallest absolute Gasteiger partial charge is 0.264 e. The van der Waals surface area contributed by atoms with E-state index in [1.165, 1.54) is 22.5 Å². The van der Waals surface area contributed by atoms with Crippen molar-refractivity contribution in [3.63, 3.8) is 0 Å². The first-order chi connectivity index (χ1) is 10.8. The molecule has 0 aliphatic carbocycles. The van der Waals surface area contributed by atoms with Crippen LogP contribution < -0.4 is 4.31 Å². The van der Waals surface area contributed by atoms with Gasteiger partial charge in [0.05, 0.1) is 26.7 Å². The summed E-state index contributed by atoms with van der Waals surface area (Å²) in [5, 5.41) is 10.7. The van der Waals surface area contributed by atoms with E-state index < -0.39 is 16.1 Å². The Hall–Kier alpha value is -1.27. The van der Waals surface area contributed by atoms with Crippen molar-refractivity contribution in [2.45, 2.75) is 24.3 Å². The van der Waals surface area contributed by atoms with Gasteiger partial charge in [-0.15, -0.1) is 0 Å². The van der Waals surface area contributed by atoms with E-state index in [2.05, 4.69) is 0 Å². The minimum atomic E-state index is -3.77. The third-order valence-electron chi connectivity index (χ3n) is 3.90. The van der Waals surface area contributed by atoms with Gasteiger partial charge >= 0.3 is 0 Å². The van der Waals surface area contributed by atoms with Gasteiger partial charge in [0.1, 0.15) is 0 Å². The summed E-state index contributed by atoms with van der Waals surface area (Å²) in [6.07, 6.45) is -0.318. The average Bonchev–Trinajstić information content (AvgIpc) is 2.50. The highest BCUT2D eigenvalue weighted by atomic mass is 35.5. The SMILES string of the molecule is Cc1ccc2c(c1)C(O)CCN2S(=O)(=O)c1ccc(Cl)c(Cl)c1. The summed E-state index contributed by atoms with van der Waals surface area (Å²) in [6.45, 7) is 2.11. The topological polar surface area (TPSA) is 57.6 Å². The lowest BCUT2D eigenvalue weighted by atomic mass is 9.99. The van der Waals surface area contributed by atoms with Crippen LogP contribution in [0, 0.1) is 6.92 Å². The Morgan fingerprint density at radius 1 is 1.13 bits per heavy atom. The summed E-state index contributed by atoms with van der Waals surface area (Å²) >= 11 is 11.8. The van der Waals surface area contributed by atoms with Gasteiger partial charge in [0.25, 0.3) is 10.0 Å². The first-order valence-corrected chi connectivity index (χ1v) is 9.27. The van der Waals surface area contributed by atoms with E-state index in [-0.39, 0.29) is 16.5 Å². The minimum Gasteiger partial charge on any atom is -0.388 e. The molecule has 1 N–H and O–H groups in total. The molecule has 122 valence electrons. The predicted octanol–water partition coefficient (Wildman–Crippen LogP) is 3.93. The van der Waals surface area contributed by atoms with Crippen molar-refractivity contribution in [1.82, 2.24) is 0 Å². The number of halogens is 2. The number of hydrogen-bond donors (Lipinski definition) is 1. The van der Waals surface area contributed by atoms with Crippen molar-refractivity contribution in [3.05, 3.63) is 57.6 Å². The molecule has 1 atom stereocenters. The summed E-state index contributed by atoms with van der Waals surface area (Å²) in [7, 11) is -3.77. The molecule has 3 rings (SSSR count). The third-order valence-corrected chi connectivity index (χ3v) is 6.44. The molecule has 0 amide bonds. The Morgan fingerprint density at radius 2 is 1.87 bits per heavy atom. The van der Waals surface area contributed by atoms with Gasteiger partial charge in [-0.25, -0.2) is 8.42 Å². The molecule has 0 radical (unpaired) electrons. The second-order valence-electron chi connectivity index (χ2n) is 5.52. The van der Waals surface area contributed by atoms with Crippen molar-refractivity contribution in [3.8, 4) is 0 Å². The number of rotatable bonds is 2. The van der Waals surface area contributed by atoms with Gasteiger partial charge in [-0.1, -0.05) is 40.9 Å². The van der Waals surface area contributed by atoms with Crippen molar-refractivity contribution in [1.29, 1.82) is 0 Å². The molecule has 2 aromatic rings. The lowest BCUT2D eigenvalue weighted by Crippen LogP contribution is -2.36.